The van der Waals surface area contributed by atoms with E-state index in [0.717, 1.165) is 16.8 Å². The van der Waals surface area contributed by atoms with E-state index in [9.17, 15) is 14.9 Å². The second-order valence-electron chi connectivity index (χ2n) is 6.71. The van der Waals surface area contributed by atoms with Gasteiger partial charge in [-0.2, -0.15) is 5.26 Å². The van der Waals surface area contributed by atoms with Crippen LogP contribution in [0.5, 0.6) is 5.88 Å². The summed E-state index contributed by atoms with van der Waals surface area (Å²) in [6.07, 6.45) is 1.66. The second-order valence-corrected chi connectivity index (χ2v) is 6.71. The van der Waals surface area contributed by atoms with Crippen molar-refractivity contribution in [1.29, 1.82) is 5.26 Å². The lowest BCUT2D eigenvalue weighted by Gasteiger charge is -2.10. The highest BCUT2D eigenvalue weighted by Crippen LogP contribution is 2.23. The lowest BCUT2D eigenvalue weighted by molar-refractivity contribution is 0.0942. The fourth-order valence-electron chi connectivity index (χ4n) is 2.92. The predicted molar refractivity (Wildman–Crippen MR) is 119 cm³/mol. The molecule has 9 heteroatoms. The number of nitrogen functional groups attached to an aromatic ring is 1. The monoisotopic (exact) mass is 430 g/mol. The van der Waals surface area contributed by atoms with E-state index in [1.165, 1.54) is 6.07 Å². The molecule has 0 saturated carbocycles. The Labute approximate surface area is 185 Å². The summed E-state index contributed by atoms with van der Waals surface area (Å²) in [6, 6.07) is 14.1. The molecule has 2 amide bonds. The highest BCUT2D eigenvalue weighted by atomic mass is 16.5. The Kier molecular flexibility index (Phi) is 6.98. The van der Waals surface area contributed by atoms with Crippen LogP contribution in [0.2, 0.25) is 0 Å². The number of nitriles is 1. The van der Waals surface area contributed by atoms with Crippen LogP contribution in [-0.2, 0) is 6.54 Å². The molecule has 3 rings (SSSR count). The molecular formula is C23H22N6O3. The number of nitrogens with two attached hydrogens (primary N) is 1. The Morgan fingerprint density at radius 1 is 1.16 bits per heavy atom. The van der Waals surface area contributed by atoms with Crippen molar-refractivity contribution >= 4 is 17.5 Å². The molecule has 0 saturated heterocycles. The Balaban J connectivity index is 1.67. The van der Waals surface area contributed by atoms with Gasteiger partial charge in [0.1, 0.15) is 17.3 Å². The minimum Gasteiger partial charge on any atom is -0.477 e. The summed E-state index contributed by atoms with van der Waals surface area (Å²) in [5, 5.41) is 14.5. The predicted octanol–water partition coefficient (Wildman–Crippen LogP) is 2.29. The third kappa shape index (κ3) is 4.99. The molecule has 0 bridgehead atoms. The number of rotatable bonds is 7. The van der Waals surface area contributed by atoms with Gasteiger partial charge < -0.3 is 21.1 Å². The number of amides is 2. The van der Waals surface area contributed by atoms with Crippen LogP contribution in [0, 0.1) is 11.3 Å². The normalized spacial score (nSPS) is 10.2. The number of hydrogen-bond acceptors (Lipinski definition) is 7. The Bertz CT molecular complexity index is 1170. The van der Waals surface area contributed by atoms with E-state index in [1.54, 1.807) is 32.3 Å². The van der Waals surface area contributed by atoms with Crippen LogP contribution in [0.4, 0.5) is 5.69 Å². The van der Waals surface area contributed by atoms with E-state index < -0.39 is 5.91 Å². The van der Waals surface area contributed by atoms with Crippen molar-refractivity contribution in [3.05, 3.63) is 71.0 Å². The number of hydrogen-bond donors (Lipinski definition) is 3. The maximum Gasteiger partial charge on any atom is 0.270 e. The number of benzene rings is 1. The molecule has 0 aliphatic rings. The zero-order valence-corrected chi connectivity index (χ0v) is 17.7. The zero-order valence-electron chi connectivity index (χ0n) is 17.7. The third-order valence-corrected chi connectivity index (χ3v) is 4.59. The molecule has 162 valence electrons. The fourth-order valence-corrected chi connectivity index (χ4v) is 2.92. The van der Waals surface area contributed by atoms with E-state index in [-0.39, 0.29) is 35.3 Å². The van der Waals surface area contributed by atoms with Crippen molar-refractivity contribution in [3.63, 3.8) is 0 Å². The molecule has 0 aliphatic carbocycles. The van der Waals surface area contributed by atoms with Gasteiger partial charge in [-0.1, -0.05) is 18.2 Å². The molecule has 0 atom stereocenters. The molecule has 0 unspecified atom stereocenters. The van der Waals surface area contributed by atoms with Gasteiger partial charge in [-0.05, 0) is 36.8 Å². The van der Waals surface area contributed by atoms with Crippen molar-refractivity contribution in [2.75, 3.05) is 19.4 Å². The first kappa shape index (κ1) is 22.2. The van der Waals surface area contributed by atoms with Gasteiger partial charge in [0.05, 0.1) is 18.0 Å². The van der Waals surface area contributed by atoms with Gasteiger partial charge in [0.25, 0.3) is 11.8 Å². The average Bonchev–Trinajstić information content (AvgIpc) is 2.82. The number of nitrogens with zero attached hydrogens (tertiary/aromatic N) is 3. The molecule has 4 N–H and O–H groups in total. The lowest BCUT2D eigenvalue weighted by Crippen LogP contribution is -2.24. The first-order valence-electron chi connectivity index (χ1n) is 9.85. The maximum absolute atomic E-state index is 12.5. The van der Waals surface area contributed by atoms with E-state index in [2.05, 4.69) is 20.6 Å². The van der Waals surface area contributed by atoms with Crippen LogP contribution in [0.1, 0.15) is 38.9 Å². The largest absolute Gasteiger partial charge is 0.477 e. The van der Waals surface area contributed by atoms with Crippen LogP contribution in [0.15, 0.2) is 48.7 Å². The van der Waals surface area contributed by atoms with Gasteiger partial charge >= 0.3 is 0 Å². The Morgan fingerprint density at radius 3 is 2.50 bits per heavy atom. The highest BCUT2D eigenvalue weighted by Gasteiger charge is 2.16. The topological polar surface area (TPSA) is 143 Å². The highest BCUT2D eigenvalue weighted by molar-refractivity contribution is 5.94. The molecule has 2 heterocycles. The summed E-state index contributed by atoms with van der Waals surface area (Å²) in [4.78, 5) is 32.7. The van der Waals surface area contributed by atoms with Crippen molar-refractivity contribution in [3.8, 4) is 23.2 Å². The molecule has 0 fully saturated rings. The smallest absolute Gasteiger partial charge is 0.270 e. The molecule has 3 aromatic rings. The van der Waals surface area contributed by atoms with Gasteiger partial charge in [0, 0.05) is 30.9 Å². The van der Waals surface area contributed by atoms with Crippen LogP contribution < -0.4 is 21.1 Å². The van der Waals surface area contributed by atoms with Crippen LogP contribution in [-0.4, -0.2) is 35.4 Å². The van der Waals surface area contributed by atoms with E-state index >= 15 is 0 Å². The molecular weight excluding hydrogens is 408 g/mol. The summed E-state index contributed by atoms with van der Waals surface area (Å²) in [7, 11) is 1.58. The number of carbonyl (C=O) groups is 2. The standard InChI is InChI=1S/C23H22N6O3/c1-3-32-23-17(11-24)18(25)10-20(29-23)22(31)28-13-14-4-9-19(27-12-14)15-5-7-16(8-6-15)21(30)26-2/h4-10,12H,3,13H2,1-2H3,(H2,25,29)(H,26,30)(H,28,31). The lowest BCUT2D eigenvalue weighted by atomic mass is 10.1. The summed E-state index contributed by atoms with van der Waals surface area (Å²) >= 11 is 0. The van der Waals surface area contributed by atoms with Crippen LogP contribution in [0.25, 0.3) is 11.3 Å². The van der Waals surface area contributed by atoms with Gasteiger partial charge in [-0.25, -0.2) is 4.98 Å². The summed E-state index contributed by atoms with van der Waals surface area (Å²) in [5.74, 6) is -0.563. The number of ether oxygens (including phenoxy) is 1. The SMILES string of the molecule is CCOc1nc(C(=O)NCc2ccc(-c3ccc(C(=O)NC)cc3)nc2)cc(N)c1C#N. The fraction of sp³-hybridized carbons (Fsp3) is 0.174. The van der Waals surface area contributed by atoms with Crippen molar-refractivity contribution in [2.24, 2.45) is 0 Å². The summed E-state index contributed by atoms with van der Waals surface area (Å²) in [6.45, 7) is 2.27. The quantitative estimate of drug-likeness (QED) is 0.522. The van der Waals surface area contributed by atoms with E-state index in [4.69, 9.17) is 10.5 Å². The molecule has 9 nitrogen and oxygen atoms in total. The van der Waals surface area contributed by atoms with Crippen molar-refractivity contribution in [1.82, 2.24) is 20.6 Å². The summed E-state index contributed by atoms with van der Waals surface area (Å²) < 4.78 is 5.32. The van der Waals surface area contributed by atoms with Gasteiger partial charge in [-0.3, -0.25) is 14.6 Å². The summed E-state index contributed by atoms with van der Waals surface area (Å²) in [5.41, 5.74) is 9.12. The number of anilines is 1. The number of aromatic nitrogens is 2. The Morgan fingerprint density at radius 2 is 1.91 bits per heavy atom. The van der Waals surface area contributed by atoms with E-state index in [1.807, 2.05) is 30.3 Å². The first-order valence-corrected chi connectivity index (χ1v) is 9.85. The van der Waals surface area contributed by atoms with E-state index in [0.29, 0.717) is 12.2 Å². The average molecular weight is 430 g/mol. The minimum atomic E-state index is -0.448. The number of nitrogens with one attached hydrogen (secondary N) is 2. The van der Waals surface area contributed by atoms with Crippen LogP contribution >= 0.6 is 0 Å². The zero-order chi connectivity index (χ0) is 23.1. The second kappa shape index (κ2) is 10.0. The molecule has 0 spiro atoms. The Hall–Kier alpha value is -4.45. The third-order valence-electron chi connectivity index (χ3n) is 4.59. The molecule has 1 aromatic carbocycles. The van der Waals surface area contributed by atoms with Crippen molar-refractivity contribution < 1.29 is 14.3 Å². The number of pyridine rings is 2. The number of carbonyl (C=O) groups excluding carboxylic acids is 2. The first-order chi connectivity index (χ1) is 15.5. The molecule has 0 radical (unpaired) electrons. The molecule has 32 heavy (non-hydrogen) atoms. The van der Waals surface area contributed by atoms with Crippen molar-refractivity contribution in [2.45, 2.75) is 13.5 Å². The van der Waals surface area contributed by atoms with Gasteiger partial charge in [0.15, 0.2) is 0 Å². The van der Waals surface area contributed by atoms with Gasteiger partial charge in [-0.15, -0.1) is 0 Å². The molecule has 0 aliphatic heterocycles. The van der Waals surface area contributed by atoms with Crippen LogP contribution in [0.3, 0.4) is 0 Å². The van der Waals surface area contributed by atoms with Gasteiger partial charge in [0.2, 0.25) is 5.88 Å². The molecule has 2 aromatic heterocycles. The minimum absolute atomic E-state index is 0.0357. The maximum atomic E-state index is 12.5.